The number of rotatable bonds is 4. The molecule has 1 N–H and O–H groups in total. The highest BCUT2D eigenvalue weighted by molar-refractivity contribution is 5.89. The van der Waals surface area contributed by atoms with Crippen molar-refractivity contribution in [3.63, 3.8) is 0 Å². The van der Waals surface area contributed by atoms with Gasteiger partial charge in [0.1, 0.15) is 17.2 Å². The Hall–Kier alpha value is -3.64. The van der Waals surface area contributed by atoms with Crippen molar-refractivity contribution < 1.29 is 9.52 Å². The standard InChI is InChI=1S/C26H25N3O3/c1-18-20-10-11-22(30)21(25(20)32-26(31)24(18)19-7-3-2-4-8-19)17-28-13-15-29(16-14-28)23-9-5-6-12-27-23/h2-12,30H,13-17H2,1H3. The van der Waals surface area contributed by atoms with E-state index in [1.165, 1.54) is 0 Å². The number of benzene rings is 2. The Morgan fingerprint density at radius 3 is 2.44 bits per heavy atom. The summed E-state index contributed by atoms with van der Waals surface area (Å²) >= 11 is 0. The number of hydrogen-bond acceptors (Lipinski definition) is 6. The summed E-state index contributed by atoms with van der Waals surface area (Å²) in [6, 6.07) is 19.0. The van der Waals surface area contributed by atoms with E-state index in [1.807, 2.05) is 67.7 Å². The lowest BCUT2D eigenvalue weighted by Crippen LogP contribution is -2.46. The molecule has 0 atom stereocenters. The van der Waals surface area contributed by atoms with Gasteiger partial charge in [-0.15, -0.1) is 0 Å². The Labute approximate surface area is 186 Å². The molecule has 1 aliphatic rings. The van der Waals surface area contributed by atoms with Crippen molar-refractivity contribution in [2.75, 3.05) is 31.1 Å². The van der Waals surface area contributed by atoms with Gasteiger partial charge in [0, 0.05) is 44.3 Å². The zero-order valence-corrected chi connectivity index (χ0v) is 18.0. The number of piperazine rings is 1. The molecule has 0 aliphatic carbocycles. The van der Waals surface area contributed by atoms with Crippen molar-refractivity contribution in [3.8, 4) is 16.9 Å². The van der Waals surface area contributed by atoms with Crippen molar-refractivity contribution in [1.82, 2.24) is 9.88 Å². The molecule has 0 unspecified atom stereocenters. The maximum atomic E-state index is 12.9. The number of phenols is 1. The number of aromatic nitrogens is 1. The van der Waals surface area contributed by atoms with Crippen molar-refractivity contribution in [2.45, 2.75) is 13.5 Å². The second-order valence-electron chi connectivity index (χ2n) is 8.15. The zero-order chi connectivity index (χ0) is 22.1. The monoisotopic (exact) mass is 427 g/mol. The summed E-state index contributed by atoms with van der Waals surface area (Å²) in [5.74, 6) is 1.13. The van der Waals surface area contributed by atoms with Gasteiger partial charge in [-0.1, -0.05) is 36.4 Å². The number of hydrogen-bond donors (Lipinski definition) is 1. The topological polar surface area (TPSA) is 69.8 Å². The fourth-order valence-electron chi connectivity index (χ4n) is 4.45. The van der Waals surface area contributed by atoms with Crippen LogP contribution in [0.15, 0.2) is 76.1 Å². The quantitative estimate of drug-likeness (QED) is 0.493. The number of aromatic hydroxyl groups is 1. The highest BCUT2D eigenvalue weighted by Crippen LogP contribution is 2.33. The highest BCUT2D eigenvalue weighted by Gasteiger charge is 2.22. The van der Waals surface area contributed by atoms with Gasteiger partial charge in [0.05, 0.1) is 11.1 Å². The van der Waals surface area contributed by atoms with Gasteiger partial charge >= 0.3 is 5.63 Å². The van der Waals surface area contributed by atoms with E-state index in [-0.39, 0.29) is 11.4 Å². The summed E-state index contributed by atoms with van der Waals surface area (Å²) < 4.78 is 5.81. The van der Waals surface area contributed by atoms with Crippen LogP contribution >= 0.6 is 0 Å². The van der Waals surface area contributed by atoms with E-state index in [2.05, 4.69) is 14.8 Å². The molecular formula is C26H25N3O3. The molecule has 3 heterocycles. The maximum Gasteiger partial charge on any atom is 0.344 e. The molecule has 1 saturated heterocycles. The van der Waals surface area contributed by atoms with Crippen molar-refractivity contribution >= 4 is 16.8 Å². The van der Waals surface area contributed by atoms with Crippen LogP contribution in [0.25, 0.3) is 22.1 Å². The fourth-order valence-corrected chi connectivity index (χ4v) is 4.45. The van der Waals surface area contributed by atoms with Crippen molar-refractivity contribution in [1.29, 1.82) is 0 Å². The Balaban J connectivity index is 1.45. The molecule has 0 saturated carbocycles. The van der Waals surface area contributed by atoms with Gasteiger partial charge in [0.15, 0.2) is 0 Å². The van der Waals surface area contributed by atoms with Crippen LogP contribution in [-0.2, 0) is 6.54 Å². The minimum absolute atomic E-state index is 0.152. The number of phenolic OH excluding ortho intramolecular Hbond substituents is 1. The van der Waals surface area contributed by atoms with Gasteiger partial charge in [-0.05, 0) is 42.3 Å². The third kappa shape index (κ3) is 3.74. The molecular weight excluding hydrogens is 402 g/mol. The molecule has 0 bridgehead atoms. The van der Waals surface area contributed by atoms with Gasteiger partial charge < -0.3 is 14.4 Å². The summed E-state index contributed by atoms with van der Waals surface area (Å²) in [7, 11) is 0. The predicted molar refractivity (Wildman–Crippen MR) is 126 cm³/mol. The third-order valence-electron chi connectivity index (χ3n) is 6.20. The minimum atomic E-state index is -0.381. The van der Waals surface area contributed by atoms with Crippen LogP contribution < -0.4 is 10.5 Å². The predicted octanol–water partition coefficient (Wildman–Crippen LogP) is 4.19. The van der Waals surface area contributed by atoms with Crippen LogP contribution in [0.1, 0.15) is 11.1 Å². The van der Waals surface area contributed by atoms with E-state index in [9.17, 15) is 9.90 Å². The molecule has 0 spiro atoms. The Kier molecular flexibility index (Phi) is 5.37. The van der Waals surface area contributed by atoms with Crippen LogP contribution in [0.5, 0.6) is 5.75 Å². The molecule has 6 nitrogen and oxygen atoms in total. The molecule has 32 heavy (non-hydrogen) atoms. The van der Waals surface area contributed by atoms with Crippen LogP contribution in [0.4, 0.5) is 5.82 Å². The Bertz CT molecular complexity index is 1290. The highest BCUT2D eigenvalue weighted by atomic mass is 16.4. The molecule has 4 aromatic rings. The first-order chi connectivity index (χ1) is 15.6. The average Bonchev–Trinajstić information content (AvgIpc) is 2.83. The summed E-state index contributed by atoms with van der Waals surface area (Å²) in [5.41, 5.74) is 3.02. The summed E-state index contributed by atoms with van der Waals surface area (Å²) in [6.45, 7) is 5.82. The van der Waals surface area contributed by atoms with Crippen LogP contribution in [0.3, 0.4) is 0 Å². The molecule has 162 valence electrons. The van der Waals surface area contributed by atoms with Crippen LogP contribution in [0, 0.1) is 6.92 Å². The lowest BCUT2D eigenvalue weighted by molar-refractivity contribution is 0.246. The SMILES string of the molecule is Cc1c(-c2ccccc2)c(=O)oc2c(CN3CCN(c4ccccn4)CC3)c(O)ccc12. The normalized spacial score (nSPS) is 14.7. The number of anilines is 1. The number of nitrogens with zero attached hydrogens (tertiary/aromatic N) is 3. The Morgan fingerprint density at radius 1 is 0.969 bits per heavy atom. The van der Waals surface area contributed by atoms with E-state index in [0.29, 0.717) is 23.3 Å². The molecule has 1 aliphatic heterocycles. The third-order valence-corrected chi connectivity index (χ3v) is 6.20. The van der Waals surface area contributed by atoms with Crippen molar-refractivity contribution in [2.24, 2.45) is 0 Å². The van der Waals surface area contributed by atoms with Gasteiger partial charge in [-0.25, -0.2) is 9.78 Å². The molecule has 2 aromatic carbocycles. The Morgan fingerprint density at radius 2 is 1.72 bits per heavy atom. The second-order valence-corrected chi connectivity index (χ2v) is 8.15. The molecule has 5 rings (SSSR count). The van der Waals surface area contributed by atoms with Crippen LogP contribution in [-0.4, -0.2) is 41.2 Å². The number of aryl methyl sites for hydroxylation is 1. The van der Waals surface area contributed by atoms with E-state index in [4.69, 9.17) is 4.42 Å². The van der Waals surface area contributed by atoms with Gasteiger partial charge in [-0.3, -0.25) is 4.90 Å². The average molecular weight is 428 g/mol. The van der Waals surface area contributed by atoms with Crippen LogP contribution in [0.2, 0.25) is 0 Å². The van der Waals surface area contributed by atoms with E-state index >= 15 is 0 Å². The van der Waals surface area contributed by atoms with E-state index in [0.717, 1.165) is 48.5 Å². The largest absolute Gasteiger partial charge is 0.507 e. The smallest absolute Gasteiger partial charge is 0.344 e. The van der Waals surface area contributed by atoms with E-state index < -0.39 is 0 Å². The zero-order valence-electron chi connectivity index (χ0n) is 18.0. The van der Waals surface area contributed by atoms with Crippen molar-refractivity contribution in [3.05, 3.63) is 88.4 Å². The molecule has 6 heteroatoms. The summed E-state index contributed by atoms with van der Waals surface area (Å²) in [6.07, 6.45) is 1.81. The van der Waals surface area contributed by atoms with Gasteiger partial charge in [-0.2, -0.15) is 0 Å². The first kappa shape index (κ1) is 20.3. The lowest BCUT2D eigenvalue weighted by atomic mass is 9.98. The molecule has 0 amide bonds. The first-order valence-electron chi connectivity index (χ1n) is 10.8. The number of fused-ring (bicyclic) bond motifs is 1. The first-order valence-corrected chi connectivity index (χ1v) is 10.8. The fraction of sp³-hybridized carbons (Fsp3) is 0.231. The second kappa shape index (κ2) is 8.48. The minimum Gasteiger partial charge on any atom is -0.507 e. The molecule has 0 radical (unpaired) electrons. The summed E-state index contributed by atoms with van der Waals surface area (Å²) in [5, 5.41) is 11.5. The molecule has 1 fully saturated rings. The number of pyridine rings is 1. The maximum absolute atomic E-state index is 12.9. The molecule has 2 aromatic heterocycles. The van der Waals surface area contributed by atoms with Gasteiger partial charge in [0.2, 0.25) is 0 Å². The van der Waals surface area contributed by atoms with Gasteiger partial charge in [0.25, 0.3) is 0 Å². The lowest BCUT2D eigenvalue weighted by Gasteiger charge is -2.35. The van der Waals surface area contributed by atoms with E-state index in [1.54, 1.807) is 6.07 Å². The summed E-state index contributed by atoms with van der Waals surface area (Å²) in [4.78, 5) is 21.9.